The minimum atomic E-state index is 0.814. The molecule has 0 radical (unpaired) electrons. The van der Waals surface area contributed by atoms with Crippen molar-refractivity contribution in [1.29, 1.82) is 0 Å². The zero-order chi connectivity index (χ0) is 10.7. The quantitative estimate of drug-likeness (QED) is 0.929. The molecule has 0 bridgehead atoms. The Kier molecular flexibility index (Phi) is 3.01. The maximum absolute atomic E-state index is 4.21. The van der Waals surface area contributed by atoms with Crippen LogP contribution in [0, 0.1) is 0 Å². The van der Waals surface area contributed by atoms with Crippen molar-refractivity contribution >= 4 is 27.4 Å². The van der Waals surface area contributed by atoms with Crippen LogP contribution in [-0.4, -0.2) is 14.8 Å². The van der Waals surface area contributed by atoms with Crippen molar-refractivity contribution in [2.45, 2.75) is 13.5 Å². The summed E-state index contributed by atoms with van der Waals surface area (Å²) in [5.74, 6) is 0.814. The van der Waals surface area contributed by atoms with E-state index >= 15 is 0 Å². The molecule has 0 saturated heterocycles. The van der Waals surface area contributed by atoms with Gasteiger partial charge in [-0.05, 0) is 35.0 Å². The van der Waals surface area contributed by atoms with Crippen LogP contribution in [0.3, 0.4) is 0 Å². The highest BCUT2D eigenvalue weighted by molar-refractivity contribution is 9.10. The molecule has 0 aliphatic carbocycles. The SMILES string of the molecule is CCn1cc(Nc2ccc(Br)cn2)cn1. The van der Waals surface area contributed by atoms with Crippen LogP contribution in [0.25, 0.3) is 0 Å². The predicted molar refractivity (Wildman–Crippen MR) is 63.1 cm³/mol. The van der Waals surface area contributed by atoms with Gasteiger partial charge in [0.1, 0.15) is 5.82 Å². The number of halogens is 1. The number of nitrogens with one attached hydrogen (secondary N) is 1. The molecule has 0 aliphatic rings. The third-order valence-electron chi connectivity index (χ3n) is 1.96. The Bertz CT molecular complexity index is 435. The molecule has 0 fully saturated rings. The van der Waals surface area contributed by atoms with Crippen molar-refractivity contribution in [1.82, 2.24) is 14.8 Å². The Morgan fingerprint density at radius 3 is 2.87 bits per heavy atom. The molecule has 2 aromatic rings. The highest BCUT2D eigenvalue weighted by atomic mass is 79.9. The number of nitrogens with zero attached hydrogens (tertiary/aromatic N) is 3. The fraction of sp³-hybridized carbons (Fsp3) is 0.200. The summed E-state index contributed by atoms with van der Waals surface area (Å²) in [5, 5.41) is 7.34. The summed E-state index contributed by atoms with van der Waals surface area (Å²) >= 11 is 3.34. The number of pyridine rings is 1. The lowest BCUT2D eigenvalue weighted by Crippen LogP contribution is -1.93. The first-order valence-corrected chi connectivity index (χ1v) is 5.48. The van der Waals surface area contributed by atoms with E-state index in [0.717, 1.165) is 22.5 Å². The number of aryl methyl sites for hydroxylation is 1. The van der Waals surface area contributed by atoms with Crippen LogP contribution >= 0.6 is 15.9 Å². The van der Waals surface area contributed by atoms with Crippen molar-refractivity contribution in [2.24, 2.45) is 0 Å². The Balaban J connectivity index is 2.11. The number of aromatic nitrogens is 3. The summed E-state index contributed by atoms with van der Waals surface area (Å²) in [6, 6.07) is 3.85. The normalized spacial score (nSPS) is 10.3. The zero-order valence-corrected chi connectivity index (χ0v) is 9.90. The molecule has 0 atom stereocenters. The summed E-state index contributed by atoms with van der Waals surface area (Å²) in [6.45, 7) is 2.92. The molecule has 0 aromatic carbocycles. The minimum absolute atomic E-state index is 0.814. The van der Waals surface area contributed by atoms with Gasteiger partial charge in [0.05, 0.1) is 11.9 Å². The maximum Gasteiger partial charge on any atom is 0.130 e. The van der Waals surface area contributed by atoms with Crippen LogP contribution in [-0.2, 0) is 6.54 Å². The molecule has 15 heavy (non-hydrogen) atoms. The first-order valence-electron chi connectivity index (χ1n) is 4.69. The van der Waals surface area contributed by atoms with Crippen LogP contribution in [0.4, 0.5) is 11.5 Å². The van der Waals surface area contributed by atoms with Crippen molar-refractivity contribution in [3.8, 4) is 0 Å². The van der Waals surface area contributed by atoms with Gasteiger partial charge in [0, 0.05) is 23.4 Å². The van der Waals surface area contributed by atoms with Gasteiger partial charge in [0.2, 0.25) is 0 Å². The first-order chi connectivity index (χ1) is 7.28. The molecule has 5 heteroatoms. The van der Waals surface area contributed by atoms with E-state index < -0.39 is 0 Å². The van der Waals surface area contributed by atoms with Gasteiger partial charge < -0.3 is 5.32 Å². The van der Waals surface area contributed by atoms with E-state index in [2.05, 4.69) is 38.3 Å². The van der Waals surface area contributed by atoms with Gasteiger partial charge in [0.15, 0.2) is 0 Å². The van der Waals surface area contributed by atoms with E-state index in [1.807, 2.05) is 23.0 Å². The second-order valence-electron chi connectivity index (χ2n) is 3.07. The monoisotopic (exact) mass is 266 g/mol. The molecule has 4 nitrogen and oxygen atoms in total. The first kappa shape index (κ1) is 10.2. The summed E-state index contributed by atoms with van der Waals surface area (Å²) < 4.78 is 2.83. The Morgan fingerprint density at radius 1 is 1.40 bits per heavy atom. The summed E-state index contributed by atoms with van der Waals surface area (Å²) in [6.07, 6.45) is 5.49. The number of rotatable bonds is 3. The number of hydrogen-bond donors (Lipinski definition) is 1. The fourth-order valence-electron chi connectivity index (χ4n) is 1.20. The lowest BCUT2D eigenvalue weighted by Gasteiger charge is -2.01. The van der Waals surface area contributed by atoms with Gasteiger partial charge in [-0.15, -0.1) is 0 Å². The molecular formula is C10H11BrN4. The van der Waals surface area contributed by atoms with Crippen LogP contribution in [0.1, 0.15) is 6.92 Å². The molecule has 78 valence electrons. The standard InChI is InChI=1S/C10H11BrN4/c1-2-15-7-9(6-13-15)14-10-4-3-8(11)5-12-10/h3-7H,2H2,1H3,(H,12,14). The van der Waals surface area contributed by atoms with E-state index in [9.17, 15) is 0 Å². The van der Waals surface area contributed by atoms with Gasteiger partial charge in [0.25, 0.3) is 0 Å². The Hall–Kier alpha value is -1.36. The molecule has 1 N–H and O–H groups in total. The second kappa shape index (κ2) is 4.44. The van der Waals surface area contributed by atoms with Crippen LogP contribution in [0.5, 0.6) is 0 Å². The molecule has 0 aliphatic heterocycles. The smallest absolute Gasteiger partial charge is 0.130 e. The average molecular weight is 267 g/mol. The van der Waals surface area contributed by atoms with Gasteiger partial charge in [-0.25, -0.2) is 4.98 Å². The second-order valence-corrected chi connectivity index (χ2v) is 3.99. The van der Waals surface area contributed by atoms with Crippen LogP contribution in [0.15, 0.2) is 35.2 Å². The zero-order valence-electron chi connectivity index (χ0n) is 8.31. The van der Waals surface area contributed by atoms with Gasteiger partial charge >= 0.3 is 0 Å². The van der Waals surface area contributed by atoms with E-state index in [4.69, 9.17) is 0 Å². The van der Waals surface area contributed by atoms with E-state index in [1.54, 1.807) is 12.4 Å². The van der Waals surface area contributed by atoms with Gasteiger partial charge in [-0.1, -0.05) is 0 Å². The molecule has 2 heterocycles. The maximum atomic E-state index is 4.21. The molecule has 0 spiro atoms. The van der Waals surface area contributed by atoms with Crippen molar-refractivity contribution < 1.29 is 0 Å². The third kappa shape index (κ3) is 2.56. The lowest BCUT2D eigenvalue weighted by molar-refractivity contribution is 0.660. The fourth-order valence-corrected chi connectivity index (χ4v) is 1.43. The van der Waals surface area contributed by atoms with Crippen LogP contribution in [0.2, 0.25) is 0 Å². The van der Waals surface area contributed by atoms with Crippen molar-refractivity contribution in [3.05, 3.63) is 35.2 Å². The molecule has 0 unspecified atom stereocenters. The van der Waals surface area contributed by atoms with Crippen LogP contribution < -0.4 is 5.32 Å². The summed E-state index contributed by atoms with van der Waals surface area (Å²) in [4.78, 5) is 4.21. The average Bonchev–Trinajstić information content (AvgIpc) is 2.69. The largest absolute Gasteiger partial charge is 0.338 e. The highest BCUT2D eigenvalue weighted by Crippen LogP contribution is 2.15. The van der Waals surface area contributed by atoms with E-state index in [1.165, 1.54) is 0 Å². The molecule has 2 rings (SSSR count). The van der Waals surface area contributed by atoms with Gasteiger partial charge in [-0.3, -0.25) is 4.68 Å². The molecule has 0 amide bonds. The van der Waals surface area contributed by atoms with E-state index in [-0.39, 0.29) is 0 Å². The van der Waals surface area contributed by atoms with Gasteiger partial charge in [-0.2, -0.15) is 5.10 Å². The Labute approximate surface area is 96.5 Å². The molecule has 0 saturated carbocycles. The van der Waals surface area contributed by atoms with E-state index in [0.29, 0.717) is 0 Å². The predicted octanol–water partition coefficient (Wildman–Crippen LogP) is 2.80. The Morgan fingerprint density at radius 2 is 2.27 bits per heavy atom. The number of hydrogen-bond acceptors (Lipinski definition) is 3. The van der Waals surface area contributed by atoms with Crippen molar-refractivity contribution in [2.75, 3.05) is 5.32 Å². The molecule has 2 aromatic heterocycles. The minimum Gasteiger partial charge on any atom is -0.338 e. The number of anilines is 2. The van der Waals surface area contributed by atoms with Crippen molar-refractivity contribution in [3.63, 3.8) is 0 Å². The lowest BCUT2D eigenvalue weighted by atomic mass is 10.4. The topological polar surface area (TPSA) is 42.7 Å². The highest BCUT2D eigenvalue weighted by Gasteiger charge is 1.98. The summed E-state index contributed by atoms with van der Waals surface area (Å²) in [7, 11) is 0. The summed E-state index contributed by atoms with van der Waals surface area (Å²) in [5.41, 5.74) is 0.951. The third-order valence-corrected chi connectivity index (χ3v) is 2.43. The molecular weight excluding hydrogens is 256 g/mol.